The lowest BCUT2D eigenvalue weighted by molar-refractivity contribution is 0.275. The smallest absolute Gasteiger partial charge is 0.125 e. The molecule has 0 radical (unpaired) electrons. The van der Waals surface area contributed by atoms with Crippen molar-refractivity contribution in [1.82, 2.24) is 9.78 Å². The van der Waals surface area contributed by atoms with Crippen LogP contribution in [-0.2, 0) is 12.5 Å². The standard InChI is InChI=1S/C16H22FN3O/c1-16(2,3)15-13(9-20(4)19-15)14(10-21)18-12-7-5-6-11(17)8-12/h5-9,14,18,21H,10H2,1-4H3. The number of rotatable bonds is 4. The topological polar surface area (TPSA) is 50.1 Å². The Hall–Kier alpha value is -1.88. The van der Waals surface area contributed by atoms with E-state index in [1.807, 2.05) is 13.2 Å². The number of aliphatic hydroxyl groups excluding tert-OH is 1. The molecule has 114 valence electrons. The van der Waals surface area contributed by atoms with Gasteiger partial charge in [0.25, 0.3) is 0 Å². The van der Waals surface area contributed by atoms with Crippen LogP contribution >= 0.6 is 0 Å². The lowest BCUT2D eigenvalue weighted by atomic mass is 9.87. The number of hydrogen-bond donors (Lipinski definition) is 2. The van der Waals surface area contributed by atoms with Crippen molar-refractivity contribution in [2.45, 2.75) is 32.2 Å². The summed E-state index contributed by atoms with van der Waals surface area (Å²) in [6.07, 6.45) is 1.90. The van der Waals surface area contributed by atoms with Crippen LogP contribution in [0.5, 0.6) is 0 Å². The van der Waals surface area contributed by atoms with Crippen LogP contribution in [-0.4, -0.2) is 21.5 Å². The molecular formula is C16H22FN3O. The van der Waals surface area contributed by atoms with Gasteiger partial charge in [-0.25, -0.2) is 4.39 Å². The fraction of sp³-hybridized carbons (Fsp3) is 0.438. The van der Waals surface area contributed by atoms with Gasteiger partial charge < -0.3 is 10.4 Å². The van der Waals surface area contributed by atoms with E-state index in [4.69, 9.17) is 0 Å². The minimum absolute atomic E-state index is 0.0920. The van der Waals surface area contributed by atoms with Crippen molar-refractivity contribution < 1.29 is 9.50 Å². The molecule has 0 fully saturated rings. The zero-order chi connectivity index (χ0) is 15.6. The summed E-state index contributed by atoms with van der Waals surface area (Å²) >= 11 is 0. The molecule has 0 spiro atoms. The summed E-state index contributed by atoms with van der Waals surface area (Å²) in [6, 6.07) is 5.90. The Kier molecular flexibility index (Phi) is 4.32. The highest BCUT2D eigenvalue weighted by Crippen LogP contribution is 2.30. The van der Waals surface area contributed by atoms with Gasteiger partial charge in [0, 0.05) is 29.9 Å². The molecule has 21 heavy (non-hydrogen) atoms. The minimum atomic E-state index is -0.324. The quantitative estimate of drug-likeness (QED) is 0.910. The minimum Gasteiger partial charge on any atom is -0.394 e. The van der Waals surface area contributed by atoms with Gasteiger partial charge in [0.05, 0.1) is 18.3 Å². The maximum atomic E-state index is 13.3. The third-order valence-corrected chi connectivity index (χ3v) is 3.29. The molecule has 0 bridgehead atoms. The second-order valence-electron chi connectivity index (χ2n) is 6.25. The molecule has 0 aliphatic heterocycles. The number of aryl methyl sites for hydroxylation is 1. The summed E-state index contributed by atoms with van der Waals surface area (Å²) in [6.45, 7) is 6.14. The van der Waals surface area contributed by atoms with E-state index >= 15 is 0 Å². The van der Waals surface area contributed by atoms with Crippen molar-refractivity contribution in [3.63, 3.8) is 0 Å². The highest BCUT2D eigenvalue weighted by atomic mass is 19.1. The summed E-state index contributed by atoms with van der Waals surface area (Å²) in [7, 11) is 1.86. The lowest BCUT2D eigenvalue weighted by Crippen LogP contribution is -2.21. The Labute approximate surface area is 124 Å². The van der Waals surface area contributed by atoms with Crippen LogP contribution in [0.4, 0.5) is 10.1 Å². The van der Waals surface area contributed by atoms with Crippen molar-refractivity contribution in [3.05, 3.63) is 47.5 Å². The van der Waals surface area contributed by atoms with Gasteiger partial charge in [0.2, 0.25) is 0 Å². The molecule has 0 amide bonds. The lowest BCUT2D eigenvalue weighted by Gasteiger charge is -2.23. The first-order valence-electron chi connectivity index (χ1n) is 6.98. The molecule has 0 saturated carbocycles. The molecule has 2 N–H and O–H groups in total. The molecule has 1 aromatic heterocycles. The monoisotopic (exact) mass is 291 g/mol. The highest BCUT2D eigenvalue weighted by Gasteiger charge is 2.26. The van der Waals surface area contributed by atoms with Crippen LogP contribution in [0.3, 0.4) is 0 Å². The van der Waals surface area contributed by atoms with Crippen LogP contribution in [0.25, 0.3) is 0 Å². The number of halogens is 1. The van der Waals surface area contributed by atoms with Crippen molar-refractivity contribution in [2.75, 3.05) is 11.9 Å². The molecule has 1 aromatic carbocycles. The summed E-state index contributed by atoms with van der Waals surface area (Å²) in [5.41, 5.74) is 2.36. The van der Waals surface area contributed by atoms with Gasteiger partial charge in [-0.3, -0.25) is 4.68 Å². The van der Waals surface area contributed by atoms with Crippen molar-refractivity contribution in [3.8, 4) is 0 Å². The summed E-state index contributed by atoms with van der Waals surface area (Å²) < 4.78 is 15.0. The number of nitrogens with zero attached hydrogens (tertiary/aromatic N) is 2. The van der Waals surface area contributed by atoms with E-state index in [9.17, 15) is 9.50 Å². The molecule has 0 aliphatic rings. The summed E-state index contributed by atoms with van der Waals surface area (Å²) in [4.78, 5) is 0. The van der Waals surface area contributed by atoms with Gasteiger partial charge >= 0.3 is 0 Å². The van der Waals surface area contributed by atoms with Gasteiger partial charge in [0.15, 0.2) is 0 Å². The highest BCUT2D eigenvalue weighted by molar-refractivity contribution is 5.46. The number of anilines is 1. The Morgan fingerprint density at radius 1 is 1.38 bits per heavy atom. The van der Waals surface area contributed by atoms with E-state index in [1.54, 1.807) is 16.8 Å². The van der Waals surface area contributed by atoms with Crippen molar-refractivity contribution in [2.24, 2.45) is 7.05 Å². The van der Waals surface area contributed by atoms with Crippen LogP contribution < -0.4 is 5.32 Å². The molecular weight excluding hydrogens is 269 g/mol. The Morgan fingerprint density at radius 3 is 2.67 bits per heavy atom. The number of benzene rings is 1. The van der Waals surface area contributed by atoms with Crippen LogP contribution in [0.2, 0.25) is 0 Å². The molecule has 0 saturated heterocycles. The fourth-order valence-electron chi connectivity index (χ4n) is 2.35. The average molecular weight is 291 g/mol. The fourth-order valence-corrected chi connectivity index (χ4v) is 2.35. The van der Waals surface area contributed by atoms with E-state index in [1.165, 1.54) is 12.1 Å². The summed E-state index contributed by atoms with van der Waals surface area (Å²) in [5.74, 6) is -0.307. The zero-order valence-corrected chi connectivity index (χ0v) is 12.9. The first-order chi connectivity index (χ1) is 9.81. The SMILES string of the molecule is Cn1cc(C(CO)Nc2cccc(F)c2)c(C(C)(C)C)n1. The maximum absolute atomic E-state index is 13.3. The second kappa shape index (κ2) is 5.85. The number of aliphatic hydroxyl groups is 1. The predicted molar refractivity (Wildman–Crippen MR) is 81.8 cm³/mol. The largest absolute Gasteiger partial charge is 0.394 e. The first-order valence-corrected chi connectivity index (χ1v) is 6.98. The van der Waals surface area contributed by atoms with Crippen LogP contribution in [0, 0.1) is 5.82 Å². The number of hydrogen-bond acceptors (Lipinski definition) is 3. The second-order valence-corrected chi connectivity index (χ2v) is 6.25. The van der Waals surface area contributed by atoms with E-state index < -0.39 is 0 Å². The molecule has 2 aromatic rings. The molecule has 1 unspecified atom stereocenters. The van der Waals surface area contributed by atoms with Gasteiger partial charge in [-0.2, -0.15) is 5.10 Å². The third kappa shape index (κ3) is 3.61. The Morgan fingerprint density at radius 2 is 2.10 bits per heavy atom. The summed E-state index contributed by atoms with van der Waals surface area (Å²) in [5, 5.41) is 17.4. The molecule has 4 nitrogen and oxygen atoms in total. The first kappa shape index (κ1) is 15.5. The van der Waals surface area contributed by atoms with E-state index in [-0.39, 0.29) is 23.9 Å². The van der Waals surface area contributed by atoms with E-state index in [0.29, 0.717) is 5.69 Å². The molecule has 1 heterocycles. The van der Waals surface area contributed by atoms with E-state index in [2.05, 4.69) is 31.2 Å². The van der Waals surface area contributed by atoms with E-state index in [0.717, 1.165) is 11.3 Å². The Balaban J connectivity index is 2.34. The van der Waals surface area contributed by atoms with Gasteiger partial charge in [-0.15, -0.1) is 0 Å². The number of nitrogens with one attached hydrogen (secondary N) is 1. The van der Waals surface area contributed by atoms with Gasteiger partial charge in [-0.1, -0.05) is 26.8 Å². The Bertz CT molecular complexity index is 616. The predicted octanol–water partition coefficient (Wildman–Crippen LogP) is 3.00. The van der Waals surface area contributed by atoms with Crippen molar-refractivity contribution >= 4 is 5.69 Å². The normalized spacial score (nSPS) is 13.2. The van der Waals surface area contributed by atoms with Gasteiger partial charge in [0.1, 0.15) is 5.82 Å². The molecule has 2 rings (SSSR count). The van der Waals surface area contributed by atoms with Crippen molar-refractivity contribution in [1.29, 1.82) is 0 Å². The maximum Gasteiger partial charge on any atom is 0.125 e. The van der Waals surface area contributed by atoms with Crippen LogP contribution in [0.1, 0.15) is 38.1 Å². The number of aromatic nitrogens is 2. The third-order valence-electron chi connectivity index (χ3n) is 3.29. The molecule has 1 atom stereocenters. The average Bonchev–Trinajstić information content (AvgIpc) is 2.78. The molecule has 5 heteroatoms. The zero-order valence-electron chi connectivity index (χ0n) is 12.9. The van der Waals surface area contributed by atoms with Crippen LogP contribution in [0.15, 0.2) is 30.5 Å². The van der Waals surface area contributed by atoms with Gasteiger partial charge in [-0.05, 0) is 18.2 Å². The molecule has 0 aliphatic carbocycles.